The number of halogens is 2. The molecule has 0 bridgehead atoms. The highest BCUT2D eigenvalue weighted by Crippen LogP contribution is 2.19. The number of rotatable bonds is 5. The van der Waals surface area contributed by atoms with Crippen molar-refractivity contribution in [2.75, 3.05) is 23.3 Å². The van der Waals surface area contributed by atoms with Crippen molar-refractivity contribution in [3.63, 3.8) is 0 Å². The third-order valence-corrected chi connectivity index (χ3v) is 3.20. The lowest BCUT2D eigenvalue weighted by atomic mass is 10.2. The predicted molar refractivity (Wildman–Crippen MR) is 90.6 cm³/mol. The summed E-state index contributed by atoms with van der Waals surface area (Å²) >= 11 is 0. The first kappa shape index (κ1) is 20.4. The highest BCUT2D eigenvalue weighted by atomic mass is 35.5. The molecular formula is C13H21Cl2N5O2. The molecule has 2 heterocycles. The van der Waals surface area contributed by atoms with E-state index in [1.807, 2.05) is 6.07 Å². The molecule has 0 aliphatic carbocycles. The average Bonchev–Trinajstić information content (AvgIpc) is 2.92. The van der Waals surface area contributed by atoms with Crippen LogP contribution in [0.3, 0.4) is 0 Å². The summed E-state index contributed by atoms with van der Waals surface area (Å²) < 4.78 is 0. The maximum atomic E-state index is 11.7. The number of nitrogens with zero attached hydrogens (tertiary/aromatic N) is 2. The molecule has 1 aliphatic rings. The van der Waals surface area contributed by atoms with Gasteiger partial charge in [-0.05, 0) is 25.0 Å². The zero-order chi connectivity index (χ0) is 14.5. The minimum atomic E-state index is -0.939. The van der Waals surface area contributed by atoms with E-state index in [9.17, 15) is 9.59 Å². The highest BCUT2D eigenvalue weighted by Gasteiger charge is 2.17. The number of nitrogens with two attached hydrogens (primary N) is 2. The molecule has 1 aliphatic heterocycles. The first-order valence-corrected chi connectivity index (χ1v) is 6.62. The summed E-state index contributed by atoms with van der Waals surface area (Å²) in [6.45, 7) is 2.03. The lowest BCUT2D eigenvalue weighted by molar-refractivity contribution is -0.123. The van der Waals surface area contributed by atoms with Crippen LogP contribution in [0.4, 0.5) is 11.5 Å². The lowest BCUT2D eigenvalue weighted by Crippen LogP contribution is -2.39. The van der Waals surface area contributed by atoms with E-state index in [2.05, 4.69) is 15.2 Å². The fourth-order valence-corrected chi connectivity index (χ4v) is 2.14. The maximum absolute atomic E-state index is 11.7. The van der Waals surface area contributed by atoms with Crippen LogP contribution in [0.15, 0.2) is 18.3 Å². The number of nitrogens with one attached hydrogen (secondary N) is 1. The molecule has 1 saturated heterocycles. The van der Waals surface area contributed by atoms with Crippen molar-refractivity contribution in [3.05, 3.63) is 18.3 Å². The Morgan fingerprint density at radius 3 is 2.41 bits per heavy atom. The van der Waals surface area contributed by atoms with Gasteiger partial charge in [0.25, 0.3) is 0 Å². The first-order chi connectivity index (χ1) is 9.56. The van der Waals surface area contributed by atoms with Crippen molar-refractivity contribution in [1.82, 2.24) is 4.98 Å². The summed E-state index contributed by atoms with van der Waals surface area (Å²) in [7, 11) is 0. The van der Waals surface area contributed by atoms with Crippen LogP contribution in [0.2, 0.25) is 0 Å². The standard InChI is InChI=1S/C13H19N5O2.2ClH/c14-10(7-11(15)19)13(20)17-9-3-4-12(16-8-9)18-5-1-2-6-18;;/h3-4,8,10H,1-2,5-7,14H2,(H2,15,19)(H,17,20);2*1H. The molecule has 7 nitrogen and oxygen atoms in total. The number of amides is 2. The van der Waals surface area contributed by atoms with Crippen LogP contribution in [-0.4, -0.2) is 35.9 Å². The molecule has 1 aromatic rings. The van der Waals surface area contributed by atoms with E-state index in [0.717, 1.165) is 18.9 Å². The predicted octanol–water partition coefficient (Wildman–Crippen LogP) is 0.667. The molecule has 0 spiro atoms. The van der Waals surface area contributed by atoms with E-state index in [1.165, 1.54) is 12.8 Å². The van der Waals surface area contributed by atoms with Crippen molar-refractivity contribution in [2.24, 2.45) is 11.5 Å². The highest BCUT2D eigenvalue weighted by molar-refractivity contribution is 5.97. The maximum Gasteiger partial charge on any atom is 0.241 e. The van der Waals surface area contributed by atoms with Crippen molar-refractivity contribution >= 4 is 48.1 Å². The molecule has 2 amide bonds. The second-order valence-corrected chi connectivity index (χ2v) is 4.87. The number of hydrogen-bond donors (Lipinski definition) is 3. The summed E-state index contributed by atoms with van der Waals surface area (Å²) in [5.74, 6) is -0.142. The molecule has 5 N–H and O–H groups in total. The molecule has 1 fully saturated rings. The molecule has 0 aromatic carbocycles. The van der Waals surface area contributed by atoms with Gasteiger partial charge in [-0.25, -0.2) is 4.98 Å². The number of pyridine rings is 1. The van der Waals surface area contributed by atoms with E-state index in [0.29, 0.717) is 5.69 Å². The van der Waals surface area contributed by atoms with Crippen LogP contribution in [0.25, 0.3) is 0 Å². The van der Waals surface area contributed by atoms with Crippen LogP contribution in [0.5, 0.6) is 0 Å². The number of aromatic nitrogens is 1. The Morgan fingerprint density at radius 2 is 1.91 bits per heavy atom. The Labute approximate surface area is 141 Å². The minimum absolute atomic E-state index is 0. The van der Waals surface area contributed by atoms with Gasteiger partial charge in [0.05, 0.1) is 24.3 Å². The Hall–Kier alpha value is -1.57. The van der Waals surface area contributed by atoms with E-state index in [1.54, 1.807) is 12.3 Å². The molecule has 124 valence electrons. The second-order valence-electron chi connectivity index (χ2n) is 4.87. The van der Waals surface area contributed by atoms with Gasteiger partial charge in [0.1, 0.15) is 5.82 Å². The molecule has 22 heavy (non-hydrogen) atoms. The quantitative estimate of drug-likeness (QED) is 0.722. The van der Waals surface area contributed by atoms with E-state index >= 15 is 0 Å². The van der Waals surface area contributed by atoms with Crippen LogP contribution in [0, 0.1) is 0 Å². The number of carbonyl (C=O) groups excluding carboxylic acids is 2. The van der Waals surface area contributed by atoms with Gasteiger partial charge in [-0.15, -0.1) is 24.8 Å². The third kappa shape index (κ3) is 5.67. The summed E-state index contributed by atoms with van der Waals surface area (Å²) in [6.07, 6.45) is 3.78. The van der Waals surface area contributed by atoms with E-state index < -0.39 is 17.9 Å². The van der Waals surface area contributed by atoms with Crippen molar-refractivity contribution in [3.8, 4) is 0 Å². The van der Waals surface area contributed by atoms with E-state index in [-0.39, 0.29) is 31.2 Å². The van der Waals surface area contributed by atoms with Crippen LogP contribution >= 0.6 is 24.8 Å². The van der Waals surface area contributed by atoms with Gasteiger partial charge >= 0.3 is 0 Å². The van der Waals surface area contributed by atoms with Gasteiger partial charge in [0.15, 0.2) is 0 Å². The number of primary amides is 1. The second kappa shape index (κ2) is 9.45. The Balaban J connectivity index is 0.00000220. The van der Waals surface area contributed by atoms with E-state index in [4.69, 9.17) is 11.5 Å². The fourth-order valence-electron chi connectivity index (χ4n) is 2.14. The summed E-state index contributed by atoms with van der Waals surface area (Å²) in [4.78, 5) is 28.9. The minimum Gasteiger partial charge on any atom is -0.370 e. The average molecular weight is 350 g/mol. The monoisotopic (exact) mass is 349 g/mol. The van der Waals surface area contributed by atoms with Gasteiger partial charge in [0.2, 0.25) is 11.8 Å². The van der Waals surface area contributed by atoms with Crippen LogP contribution in [-0.2, 0) is 9.59 Å². The fraction of sp³-hybridized carbons (Fsp3) is 0.462. The molecule has 0 saturated carbocycles. The molecule has 1 unspecified atom stereocenters. The normalized spacial score (nSPS) is 14.5. The summed E-state index contributed by atoms with van der Waals surface area (Å²) in [5, 5.41) is 2.61. The number of carbonyl (C=O) groups is 2. The summed E-state index contributed by atoms with van der Waals surface area (Å²) in [5.41, 5.74) is 11.1. The largest absolute Gasteiger partial charge is 0.370 e. The van der Waals surface area contributed by atoms with Gasteiger partial charge in [-0.2, -0.15) is 0 Å². The Bertz CT molecular complexity index is 492. The molecule has 2 rings (SSSR count). The van der Waals surface area contributed by atoms with Gasteiger partial charge in [-0.1, -0.05) is 0 Å². The first-order valence-electron chi connectivity index (χ1n) is 6.62. The summed E-state index contributed by atoms with van der Waals surface area (Å²) in [6, 6.07) is 2.70. The molecule has 1 aromatic heterocycles. The van der Waals surface area contributed by atoms with Crippen LogP contribution in [0.1, 0.15) is 19.3 Å². The topological polar surface area (TPSA) is 114 Å². The van der Waals surface area contributed by atoms with Crippen LogP contribution < -0.4 is 21.7 Å². The molecule has 1 atom stereocenters. The number of anilines is 2. The Morgan fingerprint density at radius 1 is 1.27 bits per heavy atom. The van der Waals surface area contributed by atoms with Crippen molar-refractivity contribution in [1.29, 1.82) is 0 Å². The Kier molecular flexibility index (Phi) is 8.77. The van der Waals surface area contributed by atoms with Gasteiger partial charge in [-0.3, -0.25) is 9.59 Å². The number of hydrogen-bond acceptors (Lipinski definition) is 5. The zero-order valence-electron chi connectivity index (χ0n) is 12.0. The van der Waals surface area contributed by atoms with Crippen molar-refractivity contribution in [2.45, 2.75) is 25.3 Å². The molecule has 9 heteroatoms. The lowest BCUT2D eigenvalue weighted by Gasteiger charge is -2.16. The van der Waals surface area contributed by atoms with Gasteiger partial charge in [0, 0.05) is 13.1 Å². The third-order valence-electron chi connectivity index (χ3n) is 3.20. The SMILES string of the molecule is Cl.Cl.NC(=O)CC(N)C(=O)Nc1ccc(N2CCCC2)nc1. The zero-order valence-corrected chi connectivity index (χ0v) is 13.7. The van der Waals surface area contributed by atoms with Gasteiger partial charge < -0.3 is 21.7 Å². The smallest absolute Gasteiger partial charge is 0.241 e. The van der Waals surface area contributed by atoms with Crippen molar-refractivity contribution < 1.29 is 9.59 Å². The molecule has 0 radical (unpaired) electrons. The molecular weight excluding hydrogens is 329 g/mol.